The van der Waals surface area contributed by atoms with E-state index in [1.54, 1.807) is 12.1 Å². The second kappa shape index (κ2) is 5.48. The minimum Gasteiger partial charge on any atom is -0.382 e. The quantitative estimate of drug-likeness (QED) is 0.772. The van der Waals surface area contributed by atoms with Crippen LogP contribution in [0.4, 0.5) is 5.69 Å². The molecule has 0 radical (unpaired) electrons. The minimum absolute atomic E-state index is 0.142. The molecule has 1 aromatic carbocycles. The van der Waals surface area contributed by atoms with E-state index in [2.05, 4.69) is 5.32 Å². The molecule has 1 aliphatic carbocycles. The number of hydrogen-bond donors (Lipinski definition) is 3. The van der Waals surface area contributed by atoms with Crippen LogP contribution in [0.25, 0.3) is 0 Å². The van der Waals surface area contributed by atoms with Gasteiger partial charge in [-0.1, -0.05) is 12.5 Å². The van der Waals surface area contributed by atoms with Crippen molar-refractivity contribution < 1.29 is 8.42 Å². The Bertz CT molecular complexity index is 557. The molecule has 0 saturated heterocycles. The summed E-state index contributed by atoms with van der Waals surface area (Å²) >= 11 is 0. The van der Waals surface area contributed by atoms with Gasteiger partial charge < -0.3 is 11.1 Å². The van der Waals surface area contributed by atoms with E-state index < -0.39 is 10.0 Å². The predicted octanol–water partition coefficient (Wildman–Crippen LogP) is 1.18. The van der Waals surface area contributed by atoms with E-state index in [0.29, 0.717) is 18.5 Å². The largest absolute Gasteiger partial charge is 0.382 e. The first-order chi connectivity index (χ1) is 8.91. The Labute approximate surface area is 114 Å². The molecule has 0 heterocycles. The first kappa shape index (κ1) is 14.3. The summed E-state index contributed by atoms with van der Waals surface area (Å²) < 4.78 is 22.8. The Morgan fingerprint density at radius 2 is 2.11 bits per heavy atom. The van der Waals surface area contributed by atoms with Crippen molar-refractivity contribution in [1.29, 1.82) is 0 Å². The van der Waals surface area contributed by atoms with Gasteiger partial charge in [0.05, 0.1) is 4.90 Å². The molecule has 1 saturated carbocycles. The van der Waals surface area contributed by atoms with E-state index in [9.17, 15) is 8.42 Å². The van der Waals surface area contributed by atoms with Crippen LogP contribution in [-0.4, -0.2) is 21.0 Å². The molecule has 5 nitrogen and oxygen atoms in total. The zero-order chi connectivity index (χ0) is 14.0. The maximum atomic E-state index is 11.4. The molecule has 0 spiro atoms. The smallest absolute Gasteiger partial charge is 0.238 e. The minimum atomic E-state index is -3.66. The maximum absolute atomic E-state index is 11.4. The van der Waals surface area contributed by atoms with Crippen molar-refractivity contribution in [3.05, 3.63) is 23.8 Å². The van der Waals surface area contributed by atoms with Crippen LogP contribution < -0.4 is 16.2 Å². The van der Waals surface area contributed by atoms with Gasteiger partial charge in [-0.25, -0.2) is 13.6 Å². The monoisotopic (exact) mass is 283 g/mol. The Kier molecular flexibility index (Phi) is 4.13. The number of aryl methyl sites for hydroxylation is 1. The summed E-state index contributed by atoms with van der Waals surface area (Å²) in [5.74, 6) is 0.456. The number of nitrogens with one attached hydrogen (secondary N) is 1. The van der Waals surface area contributed by atoms with Crippen LogP contribution in [0.2, 0.25) is 0 Å². The third kappa shape index (κ3) is 3.26. The summed E-state index contributed by atoms with van der Waals surface area (Å²) in [7, 11) is -3.66. The highest BCUT2D eigenvalue weighted by molar-refractivity contribution is 7.89. The lowest BCUT2D eigenvalue weighted by molar-refractivity contribution is 0.516. The summed E-state index contributed by atoms with van der Waals surface area (Å²) in [6.07, 6.45) is 3.36. The molecule has 1 aliphatic rings. The van der Waals surface area contributed by atoms with Gasteiger partial charge in [0.1, 0.15) is 0 Å². The van der Waals surface area contributed by atoms with Crippen molar-refractivity contribution in [2.75, 3.05) is 11.9 Å². The fraction of sp³-hybridized carbons (Fsp3) is 0.538. The fourth-order valence-electron chi connectivity index (χ4n) is 2.64. The molecule has 2 rings (SSSR count). The summed E-state index contributed by atoms with van der Waals surface area (Å²) in [6, 6.07) is 5.23. The van der Waals surface area contributed by atoms with Crippen LogP contribution in [0.15, 0.2) is 23.1 Å². The Hall–Kier alpha value is -1.11. The Balaban J connectivity index is 2.24. The van der Waals surface area contributed by atoms with Crippen LogP contribution in [0.3, 0.4) is 0 Å². The van der Waals surface area contributed by atoms with Crippen molar-refractivity contribution in [2.24, 2.45) is 16.8 Å². The lowest BCUT2D eigenvalue weighted by Crippen LogP contribution is -2.29. The molecule has 2 atom stereocenters. The molecule has 6 heteroatoms. The van der Waals surface area contributed by atoms with E-state index in [0.717, 1.165) is 30.5 Å². The average Bonchev–Trinajstić information content (AvgIpc) is 2.77. The third-order valence-corrected chi connectivity index (χ3v) is 4.75. The summed E-state index contributed by atoms with van der Waals surface area (Å²) in [6.45, 7) is 2.60. The second-order valence-electron chi connectivity index (χ2n) is 5.20. The number of hydrogen-bond acceptors (Lipinski definition) is 4. The lowest BCUT2D eigenvalue weighted by atomic mass is 10.0. The Morgan fingerprint density at radius 3 is 2.74 bits per heavy atom. The van der Waals surface area contributed by atoms with Crippen molar-refractivity contribution in [3.63, 3.8) is 0 Å². The standard InChI is InChI=1S/C13H21N3O2S/c1-9-5-6-11(19(15,17)18)7-13(9)16-12-4-2-3-10(12)8-14/h5-7,10,12,16H,2-4,8,14H2,1H3,(H2,15,17,18). The molecule has 5 N–H and O–H groups in total. The van der Waals surface area contributed by atoms with E-state index in [4.69, 9.17) is 10.9 Å². The van der Waals surface area contributed by atoms with E-state index in [-0.39, 0.29) is 4.90 Å². The maximum Gasteiger partial charge on any atom is 0.238 e. The van der Waals surface area contributed by atoms with E-state index >= 15 is 0 Å². The van der Waals surface area contributed by atoms with Crippen molar-refractivity contribution in [1.82, 2.24) is 0 Å². The van der Waals surface area contributed by atoms with Gasteiger partial charge in [-0.2, -0.15) is 0 Å². The SMILES string of the molecule is Cc1ccc(S(N)(=O)=O)cc1NC1CCCC1CN. The molecule has 0 aromatic heterocycles. The van der Waals surface area contributed by atoms with Crippen LogP contribution in [0, 0.1) is 12.8 Å². The number of sulfonamides is 1. The number of primary sulfonamides is 1. The summed E-state index contributed by atoms with van der Waals surface area (Å²) in [5.41, 5.74) is 7.60. The summed E-state index contributed by atoms with van der Waals surface area (Å²) in [4.78, 5) is 0.142. The lowest BCUT2D eigenvalue weighted by Gasteiger charge is -2.22. The molecule has 1 aromatic rings. The van der Waals surface area contributed by atoms with Gasteiger partial charge >= 0.3 is 0 Å². The molecular formula is C13H21N3O2S. The predicted molar refractivity (Wildman–Crippen MR) is 76.4 cm³/mol. The van der Waals surface area contributed by atoms with Gasteiger partial charge in [0.2, 0.25) is 10.0 Å². The van der Waals surface area contributed by atoms with Crippen molar-refractivity contribution in [2.45, 2.75) is 37.1 Å². The highest BCUT2D eigenvalue weighted by atomic mass is 32.2. The fourth-order valence-corrected chi connectivity index (χ4v) is 3.18. The molecule has 19 heavy (non-hydrogen) atoms. The molecule has 2 unspecified atom stereocenters. The van der Waals surface area contributed by atoms with Gasteiger partial charge in [0.15, 0.2) is 0 Å². The summed E-state index contributed by atoms with van der Waals surface area (Å²) in [5, 5.41) is 8.58. The highest BCUT2D eigenvalue weighted by Gasteiger charge is 2.26. The van der Waals surface area contributed by atoms with Crippen LogP contribution in [0.5, 0.6) is 0 Å². The van der Waals surface area contributed by atoms with E-state index in [1.165, 1.54) is 6.07 Å². The van der Waals surface area contributed by atoms with Gasteiger partial charge in [-0.3, -0.25) is 0 Å². The zero-order valence-electron chi connectivity index (χ0n) is 11.1. The van der Waals surface area contributed by atoms with Gasteiger partial charge in [-0.15, -0.1) is 0 Å². The highest BCUT2D eigenvalue weighted by Crippen LogP contribution is 2.29. The first-order valence-electron chi connectivity index (χ1n) is 6.52. The van der Waals surface area contributed by atoms with E-state index in [1.807, 2.05) is 6.92 Å². The molecule has 0 amide bonds. The van der Waals surface area contributed by atoms with Crippen LogP contribution in [-0.2, 0) is 10.0 Å². The Morgan fingerprint density at radius 1 is 1.37 bits per heavy atom. The number of rotatable bonds is 4. The molecule has 0 bridgehead atoms. The normalized spacial score (nSPS) is 23.5. The number of benzene rings is 1. The van der Waals surface area contributed by atoms with Crippen molar-refractivity contribution >= 4 is 15.7 Å². The third-order valence-electron chi connectivity index (χ3n) is 3.84. The van der Waals surface area contributed by atoms with Crippen LogP contribution in [0.1, 0.15) is 24.8 Å². The number of anilines is 1. The van der Waals surface area contributed by atoms with Gasteiger partial charge in [0, 0.05) is 11.7 Å². The zero-order valence-corrected chi connectivity index (χ0v) is 11.9. The molecule has 0 aliphatic heterocycles. The number of nitrogens with two attached hydrogens (primary N) is 2. The van der Waals surface area contributed by atoms with Gasteiger partial charge in [-0.05, 0) is 49.9 Å². The van der Waals surface area contributed by atoms with Gasteiger partial charge in [0.25, 0.3) is 0 Å². The topological polar surface area (TPSA) is 98.2 Å². The molecule has 106 valence electrons. The second-order valence-corrected chi connectivity index (χ2v) is 6.76. The molecule has 1 fully saturated rings. The molecular weight excluding hydrogens is 262 g/mol. The van der Waals surface area contributed by atoms with Crippen LogP contribution >= 0.6 is 0 Å². The first-order valence-corrected chi connectivity index (χ1v) is 8.06. The average molecular weight is 283 g/mol. The van der Waals surface area contributed by atoms with Crippen molar-refractivity contribution in [3.8, 4) is 0 Å².